The lowest BCUT2D eigenvalue weighted by Gasteiger charge is -2.38. The fourth-order valence-electron chi connectivity index (χ4n) is 6.12. The van der Waals surface area contributed by atoms with Crippen molar-refractivity contribution in [3.8, 4) is 0 Å². The molecule has 5 heteroatoms. The van der Waals surface area contributed by atoms with Gasteiger partial charge < -0.3 is 9.80 Å². The molecule has 0 aliphatic carbocycles. The molecular formula is C35H36ClN3O. The van der Waals surface area contributed by atoms with E-state index in [2.05, 4.69) is 101 Å². The van der Waals surface area contributed by atoms with Crippen LogP contribution in [0.25, 0.3) is 0 Å². The van der Waals surface area contributed by atoms with Crippen LogP contribution in [0, 0.1) is 0 Å². The summed E-state index contributed by atoms with van der Waals surface area (Å²) < 4.78 is 0. The summed E-state index contributed by atoms with van der Waals surface area (Å²) >= 11 is 6.77. The van der Waals surface area contributed by atoms with Crippen LogP contribution in [0.15, 0.2) is 109 Å². The predicted octanol–water partition coefficient (Wildman–Crippen LogP) is 6.97. The number of halogens is 1. The van der Waals surface area contributed by atoms with Crippen LogP contribution < -0.4 is 4.90 Å². The Morgan fingerprint density at radius 1 is 0.750 bits per heavy atom. The molecule has 4 aromatic carbocycles. The Kier molecular flexibility index (Phi) is 8.17. The van der Waals surface area contributed by atoms with Gasteiger partial charge in [-0.15, -0.1) is 11.6 Å². The highest BCUT2D eigenvalue weighted by atomic mass is 35.5. The van der Waals surface area contributed by atoms with Crippen LogP contribution in [0.3, 0.4) is 0 Å². The van der Waals surface area contributed by atoms with Gasteiger partial charge in [-0.1, -0.05) is 97.1 Å². The highest BCUT2D eigenvalue weighted by Crippen LogP contribution is 2.35. The van der Waals surface area contributed by atoms with E-state index in [4.69, 9.17) is 11.6 Å². The third kappa shape index (κ3) is 5.94. The maximum Gasteiger partial charge on any atom is 0.254 e. The zero-order chi connectivity index (χ0) is 27.3. The Bertz CT molecular complexity index is 1370. The SMILES string of the molecule is O=C1c2cc(N3CCN(CCC(c4ccccc4)c4ccccc4)CC3)ccc2C(Cl)CN1Cc1ccccc1. The molecule has 204 valence electrons. The summed E-state index contributed by atoms with van der Waals surface area (Å²) in [7, 11) is 0. The third-order valence-corrected chi connectivity index (χ3v) is 8.74. The molecule has 0 bridgehead atoms. The third-order valence-electron chi connectivity index (χ3n) is 8.36. The summed E-state index contributed by atoms with van der Waals surface area (Å²) in [5.41, 5.74) is 6.69. The van der Waals surface area contributed by atoms with Crippen LogP contribution in [-0.2, 0) is 6.54 Å². The van der Waals surface area contributed by atoms with Crippen LogP contribution >= 0.6 is 11.6 Å². The van der Waals surface area contributed by atoms with E-state index in [9.17, 15) is 4.79 Å². The minimum atomic E-state index is -0.190. The van der Waals surface area contributed by atoms with Crippen molar-refractivity contribution < 1.29 is 4.79 Å². The van der Waals surface area contributed by atoms with Crippen LogP contribution in [0.5, 0.6) is 0 Å². The summed E-state index contributed by atoms with van der Waals surface area (Å²) in [4.78, 5) is 20.3. The van der Waals surface area contributed by atoms with Gasteiger partial charge in [-0.25, -0.2) is 0 Å². The maximum absolute atomic E-state index is 13.5. The normalized spacial score (nSPS) is 17.8. The number of carbonyl (C=O) groups is 1. The first-order valence-electron chi connectivity index (χ1n) is 14.3. The van der Waals surface area contributed by atoms with Gasteiger partial charge in [0.05, 0.1) is 5.38 Å². The number of hydrogen-bond acceptors (Lipinski definition) is 3. The van der Waals surface area contributed by atoms with E-state index >= 15 is 0 Å². The van der Waals surface area contributed by atoms with Gasteiger partial charge >= 0.3 is 0 Å². The summed E-state index contributed by atoms with van der Waals surface area (Å²) in [5.74, 6) is 0.471. The van der Waals surface area contributed by atoms with E-state index in [1.807, 2.05) is 23.1 Å². The van der Waals surface area contributed by atoms with Gasteiger partial charge in [-0.05, 0) is 47.4 Å². The molecule has 1 fully saturated rings. The van der Waals surface area contributed by atoms with E-state index < -0.39 is 0 Å². The molecular weight excluding hydrogens is 514 g/mol. The highest BCUT2D eigenvalue weighted by Gasteiger charge is 2.31. The van der Waals surface area contributed by atoms with Crippen LogP contribution in [0.1, 0.15) is 50.3 Å². The Hall–Kier alpha value is -3.60. The summed E-state index contributed by atoms with van der Waals surface area (Å²) in [5, 5.41) is -0.190. The molecule has 6 rings (SSSR count). The zero-order valence-corrected chi connectivity index (χ0v) is 23.6. The van der Waals surface area contributed by atoms with Crippen LogP contribution in [-0.4, -0.2) is 55.0 Å². The number of benzene rings is 4. The van der Waals surface area contributed by atoms with E-state index in [-0.39, 0.29) is 11.3 Å². The first kappa shape index (κ1) is 26.6. The molecule has 0 aromatic heterocycles. The van der Waals surface area contributed by atoms with Crippen molar-refractivity contribution in [2.75, 3.05) is 44.2 Å². The second kappa shape index (κ2) is 12.3. The number of carbonyl (C=O) groups excluding carboxylic acids is 1. The van der Waals surface area contributed by atoms with Gasteiger partial charge in [0, 0.05) is 56.4 Å². The van der Waals surface area contributed by atoms with Crippen molar-refractivity contribution in [1.82, 2.24) is 9.80 Å². The van der Waals surface area contributed by atoms with Crippen molar-refractivity contribution in [1.29, 1.82) is 0 Å². The van der Waals surface area contributed by atoms with Crippen LogP contribution in [0.4, 0.5) is 5.69 Å². The minimum Gasteiger partial charge on any atom is -0.369 e. The molecule has 2 aliphatic rings. The molecule has 40 heavy (non-hydrogen) atoms. The largest absolute Gasteiger partial charge is 0.369 e. The van der Waals surface area contributed by atoms with Crippen LogP contribution in [0.2, 0.25) is 0 Å². The van der Waals surface area contributed by atoms with Crippen molar-refractivity contribution in [2.45, 2.75) is 24.3 Å². The monoisotopic (exact) mass is 549 g/mol. The van der Waals surface area contributed by atoms with Gasteiger partial charge in [0.1, 0.15) is 0 Å². The molecule has 1 saturated heterocycles. The molecule has 4 aromatic rings. The quantitative estimate of drug-likeness (QED) is 0.222. The zero-order valence-electron chi connectivity index (χ0n) is 22.8. The molecule has 0 spiro atoms. The number of nitrogens with zero attached hydrogens (tertiary/aromatic N) is 3. The van der Waals surface area contributed by atoms with Gasteiger partial charge in [-0.2, -0.15) is 0 Å². The molecule has 1 atom stereocenters. The van der Waals surface area contributed by atoms with Crippen molar-refractivity contribution >= 4 is 23.2 Å². The predicted molar refractivity (Wildman–Crippen MR) is 164 cm³/mol. The molecule has 1 unspecified atom stereocenters. The molecule has 1 amide bonds. The van der Waals surface area contributed by atoms with Gasteiger partial charge in [0.2, 0.25) is 0 Å². The number of piperazine rings is 1. The second-order valence-electron chi connectivity index (χ2n) is 10.9. The van der Waals surface area contributed by atoms with E-state index in [0.29, 0.717) is 19.0 Å². The molecule has 0 saturated carbocycles. The topological polar surface area (TPSA) is 26.8 Å². The molecule has 2 aliphatic heterocycles. The Morgan fingerprint density at radius 3 is 1.98 bits per heavy atom. The first-order chi connectivity index (χ1) is 19.7. The lowest BCUT2D eigenvalue weighted by molar-refractivity contribution is 0.0723. The minimum absolute atomic E-state index is 0.0732. The Labute approximate surface area is 242 Å². The number of alkyl halides is 1. The number of hydrogen-bond donors (Lipinski definition) is 0. The number of rotatable bonds is 8. The van der Waals surface area contributed by atoms with Gasteiger partial charge in [-0.3, -0.25) is 9.69 Å². The van der Waals surface area contributed by atoms with Crippen molar-refractivity contribution in [3.05, 3.63) is 137 Å². The fraction of sp³-hybridized carbons (Fsp3) is 0.286. The standard InChI is InChI=1S/C35H36ClN3O/c36-34-26-39(25-27-10-4-1-5-11-27)35(40)33-24-30(16-17-32(33)34)38-22-20-37(21-23-38)19-18-31(28-12-6-2-7-13-28)29-14-8-3-9-15-29/h1-17,24,31,34H,18-23,25-26H2. The lowest BCUT2D eigenvalue weighted by atomic mass is 9.88. The fourth-order valence-corrected chi connectivity index (χ4v) is 6.48. The summed E-state index contributed by atoms with van der Waals surface area (Å²) in [6.07, 6.45) is 1.09. The average molecular weight is 550 g/mol. The van der Waals surface area contributed by atoms with Gasteiger partial charge in [0.25, 0.3) is 5.91 Å². The summed E-state index contributed by atoms with van der Waals surface area (Å²) in [6.45, 7) is 6.11. The van der Waals surface area contributed by atoms with E-state index in [1.54, 1.807) is 0 Å². The molecule has 0 radical (unpaired) electrons. The smallest absolute Gasteiger partial charge is 0.254 e. The molecule has 4 nitrogen and oxygen atoms in total. The Balaban J connectivity index is 1.09. The molecule has 2 heterocycles. The number of anilines is 1. The van der Waals surface area contributed by atoms with Crippen molar-refractivity contribution in [2.24, 2.45) is 0 Å². The maximum atomic E-state index is 13.5. The van der Waals surface area contributed by atoms with Gasteiger partial charge in [0.15, 0.2) is 0 Å². The second-order valence-corrected chi connectivity index (χ2v) is 11.4. The number of amides is 1. The van der Waals surface area contributed by atoms with E-state index in [1.165, 1.54) is 11.1 Å². The first-order valence-corrected chi connectivity index (χ1v) is 14.8. The lowest BCUT2D eigenvalue weighted by Crippen LogP contribution is -2.47. The highest BCUT2D eigenvalue weighted by molar-refractivity contribution is 6.22. The summed E-state index contributed by atoms with van der Waals surface area (Å²) in [6, 6.07) is 38.2. The van der Waals surface area contributed by atoms with E-state index in [0.717, 1.165) is 61.5 Å². The number of fused-ring (bicyclic) bond motifs is 1. The average Bonchev–Trinajstić information content (AvgIpc) is 3.01. The molecule has 0 N–H and O–H groups in total. The van der Waals surface area contributed by atoms with Crippen molar-refractivity contribution in [3.63, 3.8) is 0 Å². The Morgan fingerprint density at radius 2 is 1.35 bits per heavy atom.